The van der Waals surface area contributed by atoms with E-state index in [2.05, 4.69) is 11.6 Å². The number of nitrogens with zero attached hydrogens (tertiary/aromatic N) is 1. The number of hydrogen-bond acceptors (Lipinski definition) is 2. The first-order valence-corrected chi connectivity index (χ1v) is 2.16. The smallest absolute Gasteiger partial charge is 0.187 e. The van der Waals surface area contributed by atoms with Crippen LogP contribution in [0.4, 0.5) is 0 Å². The van der Waals surface area contributed by atoms with Crippen LogP contribution in [0.15, 0.2) is 17.3 Å². The summed E-state index contributed by atoms with van der Waals surface area (Å²) in [4.78, 5) is 3.91. The summed E-state index contributed by atoms with van der Waals surface area (Å²) in [5.41, 5.74) is 0. The molecule has 0 unspecified atom stereocenters. The molecule has 2 nitrogen and oxygen atoms in total. The van der Waals surface area contributed by atoms with Crippen LogP contribution in [0.3, 0.4) is 0 Å². The van der Waals surface area contributed by atoms with Crippen molar-refractivity contribution >= 4 is 5.90 Å². The summed E-state index contributed by atoms with van der Waals surface area (Å²) >= 11 is 0. The van der Waals surface area contributed by atoms with E-state index in [-0.39, 0.29) is 0 Å². The Labute approximate surface area is 42.5 Å². The van der Waals surface area contributed by atoms with Gasteiger partial charge in [-0.25, -0.2) is 4.99 Å². The maximum atomic E-state index is 4.92. The molecule has 7 heavy (non-hydrogen) atoms. The van der Waals surface area contributed by atoms with Gasteiger partial charge in [0.1, 0.15) is 5.76 Å². The summed E-state index contributed by atoms with van der Waals surface area (Å²) in [5, 5.41) is 0. The van der Waals surface area contributed by atoms with E-state index in [1.165, 1.54) is 0 Å². The Bertz CT molecular complexity index is 126. The normalized spacial score (nSPS) is 19.0. The van der Waals surface area contributed by atoms with Gasteiger partial charge in [-0.1, -0.05) is 6.58 Å². The molecule has 1 rings (SSSR count). The molecule has 0 aromatic heterocycles. The van der Waals surface area contributed by atoms with Crippen molar-refractivity contribution in [3.05, 3.63) is 12.3 Å². The number of ether oxygens (including phenoxy) is 1. The molecule has 0 radical (unpaired) electrons. The van der Waals surface area contributed by atoms with Gasteiger partial charge in [0.15, 0.2) is 5.90 Å². The Hall–Kier alpha value is -0.790. The minimum absolute atomic E-state index is 0.645. The van der Waals surface area contributed by atoms with Gasteiger partial charge < -0.3 is 4.74 Å². The van der Waals surface area contributed by atoms with Crippen LogP contribution in [0.25, 0.3) is 0 Å². The van der Waals surface area contributed by atoms with Crippen molar-refractivity contribution in [1.82, 2.24) is 0 Å². The van der Waals surface area contributed by atoms with Gasteiger partial charge >= 0.3 is 0 Å². The van der Waals surface area contributed by atoms with E-state index < -0.39 is 0 Å². The Balaban J connectivity index is 2.58. The van der Waals surface area contributed by atoms with E-state index in [1.54, 1.807) is 0 Å². The van der Waals surface area contributed by atoms with Crippen LogP contribution in [0.5, 0.6) is 0 Å². The number of aliphatic imine (C=N–C) groups is 1. The molecule has 1 heterocycles. The monoisotopic (exact) mass is 97.1 g/mol. The molecule has 2 heteroatoms. The van der Waals surface area contributed by atoms with E-state index >= 15 is 0 Å². The fourth-order valence-electron chi connectivity index (χ4n) is 0.473. The second-order valence-corrected chi connectivity index (χ2v) is 1.48. The molecule has 0 fully saturated rings. The lowest BCUT2D eigenvalue weighted by molar-refractivity contribution is 0.438. The van der Waals surface area contributed by atoms with E-state index in [1.807, 2.05) is 6.92 Å². The molecule has 0 bridgehead atoms. The number of rotatable bonds is 0. The molecule has 0 amide bonds. The van der Waals surface area contributed by atoms with Crippen LogP contribution < -0.4 is 0 Å². The van der Waals surface area contributed by atoms with Gasteiger partial charge in [-0.2, -0.15) is 0 Å². The van der Waals surface area contributed by atoms with Gasteiger partial charge in [-0.3, -0.25) is 0 Å². The predicted molar refractivity (Wildman–Crippen MR) is 28.2 cm³/mol. The van der Waals surface area contributed by atoms with Crippen LogP contribution in [0.1, 0.15) is 6.92 Å². The topological polar surface area (TPSA) is 21.6 Å². The summed E-state index contributed by atoms with van der Waals surface area (Å²) in [5.74, 6) is 1.47. The standard InChI is InChI=1S/C5H7NO/c1-4-3-6-5(2)7-4/h1,3H2,2H3. The molecule has 0 aromatic rings. The zero-order valence-corrected chi connectivity index (χ0v) is 4.27. The summed E-state index contributed by atoms with van der Waals surface area (Å²) in [6.07, 6.45) is 0. The third-order valence-electron chi connectivity index (χ3n) is 0.770. The van der Waals surface area contributed by atoms with Crippen LogP contribution in [0, 0.1) is 0 Å². The Morgan fingerprint density at radius 1 is 1.86 bits per heavy atom. The molecule has 0 spiro atoms. The molecular weight excluding hydrogens is 90.1 g/mol. The lowest BCUT2D eigenvalue weighted by atomic mass is 10.6. The molecule has 0 aromatic carbocycles. The van der Waals surface area contributed by atoms with Crippen LogP contribution in [0.2, 0.25) is 0 Å². The first-order chi connectivity index (χ1) is 3.29. The first kappa shape index (κ1) is 4.37. The van der Waals surface area contributed by atoms with E-state index in [4.69, 9.17) is 4.74 Å². The summed E-state index contributed by atoms with van der Waals surface area (Å²) in [6.45, 7) is 6.03. The van der Waals surface area contributed by atoms with Gasteiger partial charge in [-0.15, -0.1) is 0 Å². The Morgan fingerprint density at radius 3 is 2.71 bits per heavy atom. The van der Waals surface area contributed by atoms with Crippen molar-refractivity contribution in [3.63, 3.8) is 0 Å². The van der Waals surface area contributed by atoms with Gasteiger partial charge in [0.2, 0.25) is 0 Å². The minimum atomic E-state index is 0.645. The van der Waals surface area contributed by atoms with Gasteiger partial charge in [0.25, 0.3) is 0 Å². The van der Waals surface area contributed by atoms with Crippen molar-refractivity contribution in [2.75, 3.05) is 6.54 Å². The maximum Gasteiger partial charge on any atom is 0.187 e. The van der Waals surface area contributed by atoms with Gasteiger partial charge in [0.05, 0.1) is 6.54 Å². The predicted octanol–water partition coefficient (Wildman–Crippen LogP) is 0.949. The fraction of sp³-hybridized carbons (Fsp3) is 0.400. The van der Waals surface area contributed by atoms with Crippen molar-refractivity contribution in [2.24, 2.45) is 4.99 Å². The van der Waals surface area contributed by atoms with Crippen molar-refractivity contribution in [2.45, 2.75) is 6.92 Å². The van der Waals surface area contributed by atoms with Crippen molar-refractivity contribution < 1.29 is 4.74 Å². The van der Waals surface area contributed by atoms with Crippen LogP contribution >= 0.6 is 0 Å². The molecule has 0 saturated heterocycles. The van der Waals surface area contributed by atoms with E-state index in [9.17, 15) is 0 Å². The highest BCUT2D eigenvalue weighted by atomic mass is 16.5. The molecule has 0 saturated carbocycles. The Morgan fingerprint density at radius 2 is 2.57 bits per heavy atom. The van der Waals surface area contributed by atoms with Crippen LogP contribution in [-0.2, 0) is 4.74 Å². The first-order valence-electron chi connectivity index (χ1n) is 2.16. The van der Waals surface area contributed by atoms with Crippen molar-refractivity contribution in [3.8, 4) is 0 Å². The average Bonchev–Trinajstić information content (AvgIpc) is 1.87. The highest BCUT2D eigenvalue weighted by molar-refractivity contribution is 5.76. The molecule has 0 aliphatic carbocycles. The quantitative estimate of drug-likeness (QED) is 0.441. The van der Waals surface area contributed by atoms with E-state index in [0.717, 1.165) is 11.7 Å². The minimum Gasteiger partial charge on any atom is -0.447 e. The summed E-state index contributed by atoms with van der Waals surface area (Å²) in [6, 6.07) is 0. The maximum absolute atomic E-state index is 4.92. The molecular formula is C5H7NO. The zero-order valence-electron chi connectivity index (χ0n) is 4.27. The fourth-order valence-corrected chi connectivity index (χ4v) is 0.473. The third-order valence-corrected chi connectivity index (χ3v) is 0.770. The lowest BCUT2D eigenvalue weighted by Crippen LogP contribution is -1.86. The molecule has 38 valence electrons. The number of hydrogen-bond donors (Lipinski definition) is 0. The zero-order chi connectivity index (χ0) is 5.28. The summed E-state index contributed by atoms with van der Waals surface area (Å²) < 4.78 is 4.92. The molecule has 0 atom stereocenters. The summed E-state index contributed by atoms with van der Waals surface area (Å²) in [7, 11) is 0. The second kappa shape index (κ2) is 1.37. The third kappa shape index (κ3) is 0.796. The highest BCUT2D eigenvalue weighted by Crippen LogP contribution is 2.03. The van der Waals surface area contributed by atoms with Gasteiger partial charge in [-0.05, 0) is 0 Å². The second-order valence-electron chi connectivity index (χ2n) is 1.48. The van der Waals surface area contributed by atoms with E-state index in [0.29, 0.717) is 6.54 Å². The lowest BCUT2D eigenvalue weighted by Gasteiger charge is -1.90. The molecule has 0 N–H and O–H groups in total. The van der Waals surface area contributed by atoms with Crippen LogP contribution in [-0.4, -0.2) is 12.4 Å². The SMILES string of the molecule is C=C1CN=C(C)O1. The average molecular weight is 97.1 g/mol. The largest absolute Gasteiger partial charge is 0.447 e. The molecule has 1 aliphatic heterocycles. The highest BCUT2D eigenvalue weighted by Gasteiger charge is 2.03. The molecule has 1 aliphatic rings. The Kier molecular flexibility index (Phi) is 0.855. The van der Waals surface area contributed by atoms with Gasteiger partial charge in [0, 0.05) is 6.92 Å². The van der Waals surface area contributed by atoms with Crippen molar-refractivity contribution in [1.29, 1.82) is 0 Å².